The molecular weight excluding hydrogens is 420 g/mol. The number of benzene rings is 3. The summed E-state index contributed by atoms with van der Waals surface area (Å²) < 4.78 is 0. The fourth-order valence-corrected chi connectivity index (χ4v) is 3.72. The number of carbonyl (C=O) groups is 2. The Morgan fingerprint density at radius 3 is 1.94 bits per heavy atom. The largest absolute Gasteiger partial charge is 0.352 e. The predicted molar refractivity (Wildman–Crippen MR) is 129 cm³/mol. The van der Waals surface area contributed by atoms with Crippen molar-refractivity contribution in [1.82, 2.24) is 10.2 Å². The summed E-state index contributed by atoms with van der Waals surface area (Å²) in [6.07, 6.45) is 0.642. The van der Waals surface area contributed by atoms with Gasteiger partial charge >= 0.3 is 0 Å². The van der Waals surface area contributed by atoms with Gasteiger partial charge in [-0.15, -0.1) is 0 Å². The Balaban J connectivity index is 1.93. The summed E-state index contributed by atoms with van der Waals surface area (Å²) >= 11 is 6.00. The molecule has 3 aromatic rings. The number of hydrogen-bond acceptors (Lipinski definition) is 2. The molecule has 4 nitrogen and oxygen atoms in total. The van der Waals surface area contributed by atoms with Crippen molar-refractivity contribution >= 4 is 23.4 Å². The average Bonchev–Trinajstić information content (AvgIpc) is 2.78. The van der Waals surface area contributed by atoms with E-state index in [0.717, 1.165) is 16.7 Å². The van der Waals surface area contributed by atoms with E-state index in [0.29, 0.717) is 18.0 Å². The highest BCUT2D eigenvalue weighted by atomic mass is 35.5. The van der Waals surface area contributed by atoms with Crippen LogP contribution in [0.15, 0.2) is 84.9 Å². The van der Waals surface area contributed by atoms with Gasteiger partial charge in [-0.3, -0.25) is 9.59 Å². The number of carbonyl (C=O) groups excluding carboxylic acids is 2. The Morgan fingerprint density at radius 1 is 0.812 bits per heavy atom. The summed E-state index contributed by atoms with van der Waals surface area (Å²) in [7, 11) is 0. The van der Waals surface area contributed by atoms with Crippen LogP contribution in [0.1, 0.15) is 30.5 Å². The van der Waals surface area contributed by atoms with Crippen LogP contribution >= 0.6 is 11.6 Å². The summed E-state index contributed by atoms with van der Waals surface area (Å²) in [5, 5.41) is 3.63. The first kappa shape index (κ1) is 23.6. The second-order valence-corrected chi connectivity index (χ2v) is 8.62. The highest BCUT2D eigenvalue weighted by Crippen LogP contribution is 2.17. The van der Waals surface area contributed by atoms with Crippen molar-refractivity contribution in [2.75, 3.05) is 0 Å². The Bertz CT molecular complexity index is 1000. The van der Waals surface area contributed by atoms with Crippen LogP contribution < -0.4 is 5.32 Å². The minimum Gasteiger partial charge on any atom is -0.352 e. The summed E-state index contributed by atoms with van der Waals surface area (Å²) in [5.41, 5.74) is 2.85. The van der Waals surface area contributed by atoms with Gasteiger partial charge in [-0.1, -0.05) is 84.4 Å². The van der Waals surface area contributed by atoms with Crippen molar-refractivity contribution in [1.29, 1.82) is 0 Å². The zero-order valence-corrected chi connectivity index (χ0v) is 19.3. The van der Waals surface area contributed by atoms with E-state index in [9.17, 15) is 9.59 Å². The molecule has 2 amide bonds. The van der Waals surface area contributed by atoms with Crippen molar-refractivity contribution in [3.05, 3.63) is 107 Å². The van der Waals surface area contributed by atoms with E-state index in [4.69, 9.17) is 11.6 Å². The van der Waals surface area contributed by atoms with E-state index >= 15 is 0 Å². The third kappa shape index (κ3) is 6.96. The zero-order chi connectivity index (χ0) is 22.9. The molecule has 1 atom stereocenters. The van der Waals surface area contributed by atoms with E-state index < -0.39 is 6.04 Å². The first-order chi connectivity index (χ1) is 15.4. The van der Waals surface area contributed by atoms with Gasteiger partial charge in [-0.05, 0) is 42.7 Å². The van der Waals surface area contributed by atoms with Gasteiger partial charge in [0.1, 0.15) is 6.04 Å². The van der Waals surface area contributed by atoms with E-state index in [-0.39, 0.29) is 24.3 Å². The van der Waals surface area contributed by atoms with Gasteiger partial charge in [0.2, 0.25) is 11.8 Å². The van der Waals surface area contributed by atoms with Crippen LogP contribution in [0.2, 0.25) is 5.02 Å². The quantitative estimate of drug-likeness (QED) is 0.498. The Kier molecular flexibility index (Phi) is 8.46. The molecule has 0 saturated heterocycles. The lowest BCUT2D eigenvalue weighted by Crippen LogP contribution is -2.52. The van der Waals surface area contributed by atoms with Crippen molar-refractivity contribution < 1.29 is 9.59 Å². The molecule has 5 heteroatoms. The molecular formula is C27H29ClN2O2. The lowest BCUT2D eigenvalue weighted by atomic mass is 10.0. The zero-order valence-electron chi connectivity index (χ0n) is 18.5. The molecule has 0 aliphatic rings. The normalized spacial score (nSPS) is 11.8. The van der Waals surface area contributed by atoms with Crippen LogP contribution in [0.3, 0.4) is 0 Å². The van der Waals surface area contributed by atoms with Crippen LogP contribution in [0.5, 0.6) is 0 Å². The molecule has 3 rings (SSSR count). The highest BCUT2D eigenvalue weighted by Gasteiger charge is 2.30. The van der Waals surface area contributed by atoms with Crippen LogP contribution in [0.25, 0.3) is 0 Å². The maximum atomic E-state index is 13.5. The van der Waals surface area contributed by atoms with Crippen molar-refractivity contribution in [3.63, 3.8) is 0 Å². The molecule has 1 N–H and O–H groups in total. The lowest BCUT2D eigenvalue weighted by molar-refractivity contribution is -0.141. The first-order valence-electron chi connectivity index (χ1n) is 10.8. The molecule has 0 bridgehead atoms. The Morgan fingerprint density at radius 2 is 1.38 bits per heavy atom. The summed E-state index contributed by atoms with van der Waals surface area (Å²) in [6.45, 7) is 4.21. The van der Waals surface area contributed by atoms with E-state index in [1.54, 1.807) is 17.0 Å². The molecule has 0 aromatic heterocycles. The molecule has 0 fully saturated rings. The van der Waals surface area contributed by atoms with Gasteiger partial charge < -0.3 is 10.2 Å². The third-order valence-corrected chi connectivity index (χ3v) is 5.42. The van der Waals surface area contributed by atoms with Gasteiger partial charge in [0.05, 0.1) is 6.42 Å². The number of amides is 2. The molecule has 0 spiro atoms. The van der Waals surface area contributed by atoms with Gasteiger partial charge in [0.15, 0.2) is 0 Å². The van der Waals surface area contributed by atoms with Crippen LogP contribution in [0.4, 0.5) is 0 Å². The average molecular weight is 449 g/mol. The first-order valence-corrected chi connectivity index (χ1v) is 11.2. The standard InChI is InChI=1S/C27H29ClN2O2/c1-20(2)29-27(32)25(17-21-9-5-3-6-10-21)30(19-23-11-7-4-8-12-23)26(31)18-22-13-15-24(28)16-14-22/h3-16,20,25H,17-19H2,1-2H3,(H,29,32)/t25-/m1/s1. The topological polar surface area (TPSA) is 49.4 Å². The maximum Gasteiger partial charge on any atom is 0.243 e. The van der Waals surface area contributed by atoms with Gasteiger partial charge in [0.25, 0.3) is 0 Å². The lowest BCUT2D eigenvalue weighted by Gasteiger charge is -2.32. The number of nitrogens with one attached hydrogen (secondary N) is 1. The molecule has 0 aliphatic carbocycles. The molecule has 166 valence electrons. The molecule has 0 heterocycles. The number of nitrogens with zero attached hydrogens (tertiary/aromatic N) is 1. The number of halogens is 1. The van der Waals surface area contributed by atoms with Gasteiger partial charge in [-0.25, -0.2) is 0 Å². The highest BCUT2D eigenvalue weighted by molar-refractivity contribution is 6.30. The van der Waals surface area contributed by atoms with Crippen LogP contribution in [0, 0.1) is 0 Å². The third-order valence-electron chi connectivity index (χ3n) is 5.17. The van der Waals surface area contributed by atoms with Crippen LogP contribution in [-0.4, -0.2) is 28.8 Å². The Hall–Kier alpha value is -3.11. The summed E-state index contributed by atoms with van der Waals surface area (Å²) in [4.78, 5) is 28.5. The summed E-state index contributed by atoms with van der Waals surface area (Å²) in [6, 6.07) is 26.2. The van der Waals surface area contributed by atoms with Crippen molar-refractivity contribution in [2.45, 2.75) is 45.3 Å². The van der Waals surface area contributed by atoms with Gasteiger partial charge in [-0.2, -0.15) is 0 Å². The fraction of sp³-hybridized carbons (Fsp3) is 0.259. The fourth-order valence-electron chi connectivity index (χ4n) is 3.59. The minimum atomic E-state index is -0.625. The smallest absolute Gasteiger partial charge is 0.243 e. The maximum absolute atomic E-state index is 13.5. The minimum absolute atomic E-state index is 0.0225. The van der Waals surface area contributed by atoms with Crippen molar-refractivity contribution in [2.24, 2.45) is 0 Å². The van der Waals surface area contributed by atoms with Crippen molar-refractivity contribution in [3.8, 4) is 0 Å². The Labute approximate surface area is 195 Å². The molecule has 32 heavy (non-hydrogen) atoms. The van der Waals surface area contributed by atoms with E-state index in [1.165, 1.54) is 0 Å². The monoisotopic (exact) mass is 448 g/mol. The second-order valence-electron chi connectivity index (χ2n) is 8.18. The predicted octanol–water partition coefficient (Wildman–Crippen LogP) is 5.05. The number of hydrogen-bond donors (Lipinski definition) is 1. The second kappa shape index (κ2) is 11.5. The SMILES string of the molecule is CC(C)NC(=O)[C@@H](Cc1ccccc1)N(Cc1ccccc1)C(=O)Cc1ccc(Cl)cc1. The summed E-state index contributed by atoms with van der Waals surface area (Å²) in [5.74, 6) is -0.250. The van der Waals surface area contributed by atoms with Crippen LogP contribution in [-0.2, 0) is 29.0 Å². The number of rotatable bonds is 9. The molecule has 0 aliphatic heterocycles. The van der Waals surface area contributed by atoms with E-state index in [1.807, 2.05) is 86.6 Å². The van der Waals surface area contributed by atoms with E-state index in [2.05, 4.69) is 5.32 Å². The molecule has 3 aromatic carbocycles. The molecule has 0 saturated carbocycles. The van der Waals surface area contributed by atoms with Gasteiger partial charge in [0, 0.05) is 24.0 Å². The molecule has 0 unspecified atom stereocenters. The molecule has 0 radical (unpaired) electrons.